The first-order valence-corrected chi connectivity index (χ1v) is 8.97. The Morgan fingerprint density at radius 3 is 2.74 bits per heavy atom. The van der Waals surface area contributed by atoms with Gasteiger partial charge in [0.2, 0.25) is 5.91 Å². The third-order valence-corrected chi connectivity index (χ3v) is 5.46. The predicted octanol–water partition coefficient (Wildman–Crippen LogP) is 0.757. The minimum Gasteiger partial charge on any atom is -0.306 e. The van der Waals surface area contributed by atoms with Crippen molar-refractivity contribution in [1.29, 1.82) is 0 Å². The van der Waals surface area contributed by atoms with Gasteiger partial charge in [-0.25, -0.2) is 18.8 Å². The number of sulfone groups is 1. The molecule has 1 aliphatic heterocycles. The van der Waals surface area contributed by atoms with Crippen LogP contribution in [0.25, 0.3) is 5.69 Å². The van der Waals surface area contributed by atoms with Gasteiger partial charge in [0, 0.05) is 18.1 Å². The molecule has 0 aliphatic carbocycles. The molecule has 2 heterocycles. The molecule has 1 saturated heterocycles. The summed E-state index contributed by atoms with van der Waals surface area (Å²) in [5.41, 5.74) is 4.20. The van der Waals surface area contributed by atoms with Gasteiger partial charge in [0.1, 0.15) is 0 Å². The number of hydrazone groups is 1. The molecule has 8 heteroatoms. The van der Waals surface area contributed by atoms with Gasteiger partial charge in [-0.3, -0.25) is 4.79 Å². The second-order valence-electron chi connectivity index (χ2n) is 5.40. The normalized spacial score (nSPS) is 19.9. The maximum absolute atomic E-state index is 11.8. The molecule has 0 spiro atoms. The van der Waals surface area contributed by atoms with E-state index in [9.17, 15) is 13.2 Å². The lowest BCUT2D eigenvalue weighted by Crippen LogP contribution is -2.27. The molecule has 0 radical (unpaired) electrons. The van der Waals surface area contributed by atoms with Crippen LogP contribution in [0.5, 0.6) is 0 Å². The first kappa shape index (κ1) is 15.4. The highest BCUT2D eigenvalue weighted by Crippen LogP contribution is 2.18. The fraction of sp³-hybridized carbons (Fsp3) is 0.267. The topological polar surface area (TPSA) is 93.4 Å². The van der Waals surface area contributed by atoms with E-state index in [2.05, 4.69) is 15.5 Å². The van der Waals surface area contributed by atoms with Gasteiger partial charge in [-0.1, -0.05) is 12.1 Å². The van der Waals surface area contributed by atoms with E-state index >= 15 is 0 Å². The second-order valence-corrected chi connectivity index (χ2v) is 7.62. The van der Waals surface area contributed by atoms with Crippen LogP contribution < -0.4 is 5.43 Å². The standard InChI is InChI=1S/C15H16N4O3S/c20-15(13-5-8-23(21,22)10-13)18-17-9-12-1-3-14(4-2-12)19-7-6-16-11-19/h1-4,6-7,9,11,13H,5,8,10H2,(H,18,20)/b17-9-/t13-/m1/s1. The zero-order chi connectivity index (χ0) is 16.3. The van der Waals surface area contributed by atoms with Crippen LogP contribution in [0.1, 0.15) is 12.0 Å². The molecule has 0 bridgehead atoms. The molecule has 7 nitrogen and oxygen atoms in total. The average molecular weight is 332 g/mol. The summed E-state index contributed by atoms with van der Waals surface area (Å²) in [5.74, 6) is -0.864. The summed E-state index contributed by atoms with van der Waals surface area (Å²) in [6, 6.07) is 7.55. The van der Waals surface area contributed by atoms with Crippen molar-refractivity contribution in [3.8, 4) is 5.69 Å². The maximum Gasteiger partial charge on any atom is 0.244 e. The minimum absolute atomic E-state index is 0.0739. The molecular formula is C15H16N4O3S. The lowest BCUT2D eigenvalue weighted by atomic mass is 10.1. The number of amides is 1. The Morgan fingerprint density at radius 2 is 2.13 bits per heavy atom. The Balaban J connectivity index is 1.57. The van der Waals surface area contributed by atoms with Gasteiger partial charge in [-0.05, 0) is 24.1 Å². The molecule has 120 valence electrons. The maximum atomic E-state index is 11.8. The van der Waals surface area contributed by atoms with Crippen LogP contribution >= 0.6 is 0 Å². The zero-order valence-corrected chi connectivity index (χ0v) is 13.1. The molecule has 1 N–H and O–H groups in total. The fourth-order valence-electron chi connectivity index (χ4n) is 2.41. The number of aromatic nitrogens is 2. The molecule has 2 aromatic rings. The fourth-order valence-corrected chi connectivity index (χ4v) is 4.15. The number of nitrogens with one attached hydrogen (secondary N) is 1. The van der Waals surface area contributed by atoms with Crippen molar-refractivity contribution in [1.82, 2.24) is 15.0 Å². The van der Waals surface area contributed by atoms with Crippen molar-refractivity contribution in [3.63, 3.8) is 0 Å². The van der Waals surface area contributed by atoms with E-state index in [1.807, 2.05) is 35.0 Å². The summed E-state index contributed by atoms with van der Waals surface area (Å²) in [6.45, 7) is 0. The van der Waals surface area contributed by atoms with Crippen LogP contribution in [0.2, 0.25) is 0 Å². The van der Waals surface area contributed by atoms with E-state index in [1.54, 1.807) is 12.5 Å². The van der Waals surface area contributed by atoms with Crippen LogP contribution in [0.4, 0.5) is 0 Å². The summed E-state index contributed by atoms with van der Waals surface area (Å²) in [5, 5.41) is 3.89. The van der Waals surface area contributed by atoms with E-state index in [0.717, 1.165) is 11.3 Å². The summed E-state index contributed by atoms with van der Waals surface area (Å²) in [6.07, 6.45) is 7.15. The first-order chi connectivity index (χ1) is 11.0. The Bertz CT molecular complexity index is 811. The predicted molar refractivity (Wildman–Crippen MR) is 86.1 cm³/mol. The van der Waals surface area contributed by atoms with Crippen LogP contribution in [0, 0.1) is 5.92 Å². The molecule has 1 fully saturated rings. The average Bonchev–Trinajstić information content (AvgIpc) is 3.17. The monoisotopic (exact) mass is 332 g/mol. The van der Waals surface area contributed by atoms with Gasteiger partial charge >= 0.3 is 0 Å². The van der Waals surface area contributed by atoms with Crippen LogP contribution in [-0.4, -0.2) is 41.6 Å². The Hall–Kier alpha value is -2.48. The first-order valence-electron chi connectivity index (χ1n) is 7.15. The SMILES string of the molecule is O=C(N/N=C\c1ccc(-n2ccnc2)cc1)[C@@H]1CCS(=O)(=O)C1. The zero-order valence-electron chi connectivity index (χ0n) is 12.3. The van der Waals surface area contributed by atoms with E-state index in [-0.39, 0.29) is 17.4 Å². The lowest BCUT2D eigenvalue weighted by molar-refractivity contribution is -0.124. The van der Waals surface area contributed by atoms with Gasteiger partial charge in [0.15, 0.2) is 9.84 Å². The number of imidazole rings is 1. The van der Waals surface area contributed by atoms with Crippen molar-refractivity contribution >= 4 is 22.0 Å². The molecule has 1 aliphatic rings. The number of rotatable bonds is 4. The van der Waals surface area contributed by atoms with Gasteiger partial charge in [0.25, 0.3) is 0 Å². The molecule has 3 rings (SSSR count). The second kappa shape index (κ2) is 6.33. The van der Waals surface area contributed by atoms with E-state index in [1.165, 1.54) is 6.21 Å². The summed E-state index contributed by atoms with van der Waals surface area (Å²) < 4.78 is 24.6. The molecule has 0 saturated carbocycles. The Labute approximate surface area is 134 Å². The summed E-state index contributed by atoms with van der Waals surface area (Å²) >= 11 is 0. The number of nitrogens with zero attached hydrogens (tertiary/aromatic N) is 3. The van der Waals surface area contributed by atoms with E-state index in [0.29, 0.717) is 6.42 Å². The van der Waals surface area contributed by atoms with E-state index < -0.39 is 15.8 Å². The van der Waals surface area contributed by atoms with Gasteiger partial charge in [-0.15, -0.1) is 0 Å². The van der Waals surface area contributed by atoms with Crippen molar-refractivity contribution in [2.45, 2.75) is 6.42 Å². The van der Waals surface area contributed by atoms with Crippen LogP contribution in [0.3, 0.4) is 0 Å². The highest BCUT2D eigenvalue weighted by atomic mass is 32.2. The number of carbonyl (C=O) groups excluding carboxylic acids is 1. The molecule has 1 aromatic heterocycles. The molecular weight excluding hydrogens is 316 g/mol. The Kier molecular flexibility index (Phi) is 4.24. The smallest absolute Gasteiger partial charge is 0.244 e. The lowest BCUT2D eigenvalue weighted by Gasteiger charge is -2.05. The minimum atomic E-state index is -3.06. The van der Waals surface area contributed by atoms with Gasteiger partial charge in [-0.2, -0.15) is 5.10 Å². The third kappa shape index (κ3) is 3.84. The van der Waals surface area contributed by atoms with Crippen molar-refractivity contribution in [2.24, 2.45) is 11.0 Å². The quantitative estimate of drug-likeness (QED) is 0.660. The van der Waals surface area contributed by atoms with Gasteiger partial charge in [0.05, 0.1) is 30.0 Å². The third-order valence-electron chi connectivity index (χ3n) is 3.69. The molecule has 1 aromatic carbocycles. The Morgan fingerprint density at radius 1 is 1.35 bits per heavy atom. The number of benzene rings is 1. The van der Waals surface area contributed by atoms with Gasteiger partial charge < -0.3 is 4.57 Å². The van der Waals surface area contributed by atoms with Crippen molar-refractivity contribution in [3.05, 3.63) is 48.5 Å². The number of carbonyl (C=O) groups is 1. The molecule has 23 heavy (non-hydrogen) atoms. The van der Waals surface area contributed by atoms with Crippen molar-refractivity contribution < 1.29 is 13.2 Å². The number of hydrogen-bond donors (Lipinski definition) is 1. The highest BCUT2D eigenvalue weighted by Gasteiger charge is 2.32. The largest absolute Gasteiger partial charge is 0.306 e. The highest BCUT2D eigenvalue weighted by molar-refractivity contribution is 7.91. The molecule has 1 atom stereocenters. The van der Waals surface area contributed by atoms with E-state index in [4.69, 9.17) is 0 Å². The summed E-state index contributed by atoms with van der Waals surface area (Å²) in [7, 11) is -3.06. The molecule has 1 amide bonds. The molecule has 0 unspecified atom stereocenters. The van der Waals surface area contributed by atoms with Crippen LogP contribution in [0.15, 0.2) is 48.1 Å². The number of hydrogen-bond acceptors (Lipinski definition) is 5. The summed E-state index contributed by atoms with van der Waals surface area (Å²) in [4.78, 5) is 15.8. The van der Waals surface area contributed by atoms with Crippen molar-refractivity contribution in [2.75, 3.05) is 11.5 Å². The van der Waals surface area contributed by atoms with Crippen LogP contribution in [-0.2, 0) is 14.6 Å².